The van der Waals surface area contributed by atoms with E-state index in [0.717, 1.165) is 11.2 Å². The lowest BCUT2D eigenvalue weighted by molar-refractivity contribution is 0.559. The number of rotatable bonds is 0. The number of aromatic nitrogens is 2. The maximum atomic E-state index is 5.21. The van der Waals surface area contributed by atoms with Crippen molar-refractivity contribution in [2.75, 3.05) is 0 Å². The molecule has 0 amide bonds. The largest absolute Gasteiger partial charge is 0.428 e. The summed E-state index contributed by atoms with van der Waals surface area (Å²) in [5, 5.41) is 0. The summed E-state index contributed by atoms with van der Waals surface area (Å²) in [5.41, 5.74) is 1.53. The molecule has 0 atom stereocenters. The van der Waals surface area contributed by atoms with Crippen LogP contribution in [0.15, 0.2) is 22.7 Å². The molecule has 0 aliphatic rings. The molecule has 0 N–H and O–H groups in total. The summed E-state index contributed by atoms with van der Waals surface area (Å²) in [6, 6.07) is 3.67. The highest BCUT2D eigenvalue weighted by Crippen LogP contribution is 2.11. The van der Waals surface area contributed by atoms with Crippen LogP contribution in [-0.2, 0) is 7.05 Å². The van der Waals surface area contributed by atoms with Crippen LogP contribution in [0.2, 0.25) is 0 Å². The van der Waals surface area contributed by atoms with Gasteiger partial charge >= 0.3 is 0 Å². The van der Waals surface area contributed by atoms with Crippen molar-refractivity contribution in [1.29, 1.82) is 0 Å². The second kappa shape index (κ2) is 2.17. The summed E-state index contributed by atoms with van der Waals surface area (Å²) >= 11 is 4.91. The van der Waals surface area contributed by atoms with Crippen LogP contribution < -0.4 is 0 Å². The summed E-state index contributed by atoms with van der Waals surface area (Å²) in [6.07, 6.45) is 1.71. The fourth-order valence-corrected chi connectivity index (χ4v) is 1.14. The number of pyridine rings is 1. The summed E-state index contributed by atoms with van der Waals surface area (Å²) in [5.74, 6) is 0. The van der Waals surface area contributed by atoms with Crippen molar-refractivity contribution in [3.8, 4) is 0 Å². The Labute approximate surface area is 68.3 Å². The van der Waals surface area contributed by atoms with Crippen LogP contribution in [0.3, 0.4) is 0 Å². The molecular formula is C7H6N2OS. The number of nitrogens with zero attached hydrogens (tertiary/aromatic N) is 2. The first-order valence-corrected chi connectivity index (χ1v) is 3.60. The Morgan fingerprint density at radius 2 is 2.45 bits per heavy atom. The lowest BCUT2D eigenvalue weighted by Gasteiger charge is -1.87. The van der Waals surface area contributed by atoms with Crippen LogP contribution in [0.1, 0.15) is 0 Å². The van der Waals surface area contributed by atoms with Gasteiger partial charge in [0.25, 0.3) is 4.84 Å². The molecule has 0 aliphatic heterocycles. The summed E-state index contributed by atoms with van der Waals surface area (Å²) in [4.78, 5) is 4.56. The summed E-state index contributed by atoms with van der Waals surface area (Å²) in [7, 11) is 1.83. The molecule has 4 heteroatoms. The van der Waals surface area contributed by atoms with Gasteiger partial charge in [0.15, 0.2) is 11.2 Å². The van der Waals surface area contributed by atoms with E-state index in [1.54, 1.807) is 10.8 Å². The lowest BCUT2D eigenvalue weighted by Crippen LogP contribution is -1.87. The third-order valence-electron chi connectivity index (χ3n) is 1.54. The van der Waals surface area contributed by atoms with Gasteiger partial charge in [-0.1, -0.05) is 0 Å². The first-order chi connectivity index (χ1) is 5.29. The Kier molecular flexibility index (Phi) is 1.29. The van der Waals surface area contributed by atoms with E-state index in [9.17, 15) is 0 Å². The normalized spacial score (nSPS) is 10.6. The Balaban J connectivity index is 3.04. The molecule has 11 heavy (non-hydrogen) atoms. The van der Waals surface area contributed by atoms with E-state index in [-0.39, 0.29) is 0 Å². The predicted molar refractivity (Wildman–Crippen MR) is 43.8 cm³/mol. The van der Waals surface area contributed by atoms with Crippen molar-refractivity contribution in [3.63, 3.8) is 0 Å². The van der Waals surface area contributed by atoms with Gasteiger partial charge in [0.1, 0.15) is 0 Å². The van der Waals surface area contributed by atoms with E-state index < -0.39 is 0 Å². The van der Waals surface area contributed by atoms with Crippen molar-refractivity contribution in [2.45, 2.75) is 0 Å². The van der Waals surface area contributed by atoms with Gasteiger partial charge in [0.2, 0.25) is 0 Å². The fraction of sp³-hybridized carbons (Fsp3) is 0.143. The number of hydrogen-bond acceptors (Lipinski definition) is 3. The van der Waals surface area contributed by atoms with Crippen LogP contribution in [-0.4, -0.2) is 9.55 Å². The molecule has 2 aromatic rings. The van der Waals surface area contributed by atoms with E-state index in [4.69, 9.17) is 16.6 Å². The smallest absolute Gasteiger partial charge is 0.270 e. The average Bonchev–Trinajstić information content (AvgIpc) is 2.30. The molecule has 0 fully saturated rings. The Morgan fingerprint density at radius 1 is 1.64 bits per heavy atom. The minimum atomic E-state index is 0.457. The van der Waals surface area contributed by atoms with E-state index in [1.807, 2.05) is 19.2 Å². The molecule has 0 aromatic carbocycles. The van der Waals surface area contributed by atoms with Crippen molar-refractivity contribution in [3.05, 3.63) is 23.2 Å². The molecule has 0 bridgehead atoms. The third kappa shape index (κ3) is 0.867. The highest BCUT2D eigenvalue weighted by molar-refractivity contribution is 7.71. The van der Waals surface area contributed by atoms with Gasteiger partial charge in [-0.05, 0) is 24.4 Å². The zero-order valence-corrected chi connectivity index (χ0v) is 6.76. The monoisotopic (exact) mass is 166 g/mol. The minimum absolute atomic E-state index is 0.457. The molecule has 2 rings (SSSR count). The van der Waals surface area contributed by atoms with Crippen molar-refractivity contribution in [2.24, 2.45) is 7.05 Å². The average molecular weight is 166 g/mol. The highest BCUT2D eigenvalue weighted by atomic mass is 32.1. The molecule has 2 aromatic heterocycles. The second-order valence-corrected chi connectivity index (χ2v) is 2.60. The zero-order valence-electron chi connectivity index (χ0n) is 5.94. The van der Waals surface area contributed by atoms with Crippen LogP contribution in [0.25, 0.3) is 11.2 Å². The Morgan fingerprint density at radius 3 is 3.18 bits per heavy atom. The summed E-state index contributed by atoms with van der Waals surface area (Å²) < 4.78 is 6.95. The van der Waals surface area contributed by atoms with E-state index in [0.29, 0.717) is 4.84 Å². The van der Waals surface area contributed by atoms with Gasteiger partial charge in [-0.2, -0.15) is 0 Å². The van der Waals surface area contributed by atoms with Crippen molar-refractivity contribution >= 4 is 23.4 Å². The minimum Gasteiger partial charge on any atom is -0.428 e. The molecule has 0 radical (unpaired) electrons. The van der Waals surface area contributed by atoms with Gasteiger partial charge in [0.05, 0.1) is 0 Å². The Hall–Kier alpha value is -1.16. The maximum absolute atomic E-state index is 5.21. The first-order valence-electron chi connectivity index (χ1n) is 3.19. The van der Waals surface area contributed by atoms with Crippen LogP contribution >= 0.6 is 12.2 Å². The van der Waals surface area contributed by atoms with E-state index in [2.05, 4.69) is 4.98 Å². The molecular weight excluding hydrogens is 160 g/mol. The van der Waals surface area contributed by atoms with Gasteiger partial charge in [-0.15, -0.1) is 0 Å². The van der Waals surface area contributed by atoms with Crippen molar-refractivity contribution < 1.29 is 4.42 Å². The zero-order chi connectivity index (χ0) is 7.84. The topological polar surface area (TPSA) is 31.0 Å². The fourth-order valence-electron chi connectivity index (χ4n) is 0.963. The van der Waals surface area contributed by atoms with Crippen LogP contribution in [0, 0.1) is 4.84 Å². The third-order valence-corrected chi connectivity index (χ3v) is 1.90. The lowest BCUT2D eigenvalue weighted by atomic mass is 10.5. The molecule has 3 nitrogen and oxygen atoms in total. The molecule has 0 saturated carbocycles. The number of hydrogen-bond donors (Lipinski definition) is 0. The summed E-state index contributed by atoms with van der Waals surface area (Å²) in [6.45, 7) is 0. The standard InChI is InChI=1S/C7H6N2OS/c1-9-6-5(10-7(9)11)3-2-4-8-6/h2-4H,1H3. The highest BCUT2D eigenvalue weighted by Gasteiger charge is 2.01. The SMILES string of the molecule is Cn1c(=S)oc2cccnc21. The second-order valence-electron chi connectivity index (χ2n) is 2.25. The van der Waals surface area contributed by atoms with Gasteiger partial charge in [-0.25, -0.2) is 4.98 Å². The quantitative estimate of drug-likeness (QED) is 0.560. The van der Waals surface area contributed by atoms with Crippen molar-refractivity contribution in [1.82, 2.24) is 9.55 Å². The van der Waals surface area contributed by atoms with Gasteiger partial charge in [-0.3, -0.25) is 4.57 Å². The van der Waals surface area contributed by atoms with Crippen LogP contribution in [0.4, 0.5) is 0 Å². The number of oxazole rings is 1. The maximum Gasteiger partial charge on any atom is 0.270 e. The molecule has 0 unspecified atom stereocenters. The van der Waals surface area contributed by atoms with Gasteiger partial charge in [0, 0.05) is 13.2 Å². The molecule has 0 aliphatic carbocycles. The first kappa shape index (κ1) is 6.54. The molecule has 2 heterocycles. The predicted octanol–water partition coefficient (Wildman–Crippen LogP) is 1.90. The van der Waals surface area contributed by atoms with E-state index >= 15 is 0 Å². The van der Waals surface area contributed by atoms with Gasteiger partial charge < -0.3 is 4.42 Å². The van der Waals surface area contributed by atoms with E-state index in [1.165, 1.54) is 0 Å². The Bertz CT molecular complexity index is 443. The number of aryl methyl sites for hydroxylation is 1. The molecule has 0 spiro atoms. The number of fused-ring (bicyclic) bond motifs is 1. The molecule has 56 valence electrons. The molecule has 0 saturated heterocycles. The van der Waals surface area contributed by atoms with Crippen LogP contribution in [0.5, 0.6) is 0 Å².